The Labute approximate surface area is 87.8 Å². The van der Waals surface area contributed by atoms with Gasteiger partial charge >= 0.3 is 0 Å². The predicted molar refractivity (Wildman–Crippen MR) is 60.8 cm³/mol. The van der Waals surface area contributed by atoms with Crippen molar-refractivity contribution >= 4 is 16.8 Å². The van der Waals surface area contributed by atoms with E-state index in [9.17, 15) is 4.21 Å². The highest BCUT2D eigenvalue weighted by molar-refractivity contribution is 7.84. The quantitative estimate of drug-likeness (QED) is 0.522. The lowest BCUT2D eigenvalue weighted by Gasteiger charge is -2.11. The fourth-order valence-electron chi connectivity index (χ4n) is 1.62. The molecule has 0 saturated heterocycles. The lowest BCUT2D eigenvalue weighted by atomic mass is 10.3. The summed E-state index contributed by atoms with van der Waals surface area (Å²) in [5.41, 5.74) is 5.68. The number of rotatable bonds is 4. The van der Waals surface area contributed by atoms with Gasteiger partial charge in [-0.25, -0.2) is 0 Å². The lowest BCUT2D eigenvalue weighted by molar-refractivity contribution is 0.626. The van der Waals surface area contributed by atoms with Crippen LogP contribution in [0.2, 0.25) is 0 Å². The first-order chi connectivity index (χ1) is 6.68. The molecular formula is C9H19N3OS. The lowest BCUT2D eigenvalue weighted by Crippen LogP contribution is -2.38. The molecule has 0 heterocycles. The predicted octanol–water partition coefficient (Wildman–Crippen LogP) is 0.212. The highest BCUT2D eigenvalue weighted by Gasteiger charge is 2.14. The molecule has 1 atom stereocenters. The van der Waals surface area contributed by atoms with Gasteiger partial charge in [0.25, 0.3) is 0 Å². The van der Waals surface area contributed by atoms with Crippen LogP contribution in [-0.2, 0) is 10.8 Å². The van der Waals surface area contributed by atoms with Crippen LogP contribution in [0, 0.1) is 0 Å². The van der Waals surface area contributed by atoms with Crippen LogP contribution in [0.1, 0.15) is 25.7 Å². The van der Waals surface area contributed by atoms with Crippen LogP contribution in [0.5, 0.6) is 0 Å². The van der Waals surface area contributed by atoms with Crippen LogP contribution in [0.25, 0.3) is 0 Å². The van der Waals surface area contributed by atoms with Crippen molar-refractivity contribution in [3.05, 3.63) is 0 Å². The van der Waals surface area contributed by atoms with Gasteiger partial charge in [-0.15, -0.1) is 0 Å². The third-order valence-electron chi connectivity index (χ3n) is 2.37. The highest BCUT2D eigenvalue weighted by Crippen LogP contribution is 2.17. The second-order valence-corrected chi connectivity index (χ2v) is 5.22. The first kappa shape index (κ1) is 11.5. The SMILES string of the molecule is CS(=O)CCN=C(N)NC1CCCC1. The number of nitrogens with zero attached hydrogens (tertiary/aromatic N) is 1. The van der Waals surface area contributed by atoms with Gasteiger partial charge in [-0.3, -0.25) is 9.20 Å². The van der Waals surface area contributed by atoms with Crippen LogP contribution in [-0.4, -0.2) is 34.8 Å². The van der Waals surface area contributed by atoms with Crippen LogP contribution < -0.4 is 11.1 Å². The average Bonchev–Trinajstić information content (AvgIpc) is 2.56. The van der Waals surface area contributed by atoms with Crippen molar-refractivity contribution in [1.82, 2.24) is 5.32 Å². The monoisotopic (exact) mass is 217 g/mol. The molecule has 82 valence electrons. The molecule has 0 bridgehead atoms. The molecule has 0 aromatic carbocycles. The zero-order valence-corrected chi connectivity index (χ0v) is 9.48. The first-order valence-electron chi connectivity index (χ1n) is 5.05. The van der Waals surface area contributed by atoms with Crippen LogP contribution >= 0.6 is 0 Å². The molecule has 3 N–H and O–H groups in total. The molecule has 14 heavy (non-hydrogen) atoms. The molecule has 1 aliphatic carbocycles. The molecule has 0 spiro atoms. The second kappa shape index (κ2) is 6.01. The van der Waals surface area contributed by atoms with Gasteiger partial charge < -0.3 is 11.1 Å². The standard InChI is InChI=1S/C9H19N3OS/c1-14(13)7-6-11-9(10)12-8-4-2-3-5-8/h8H,2-7H2,1H3,(H3,10,11,12). The maximum absolute atomic E-state index is 10.8. The van der Waals surface area contributed by atoms with E-state index in [4.69, 9.17) is 5.73 Å². The molecule has 4 nitrogen and oxygen atoms in total. The molecular weight excluding hydrogens is 198 g/mol. The molecule has 0 radical (unpaired) electrons. The number of guanidine groups is 1. The van der Waals surface area contributed by atoms with Crippen molar-refractivity contribution in [3.8, 4) is 0 Å². The molecule has 0 amide bonds. The van der Waals surface area contributed by atoms with E-state index >= 15 is 0 Å². The van der Waals surface area contributed by atoms with Crippen molar-refractivity contribution in [2.75, 3.05) is 18.6 Å². The Morgan fingerprint density at radius 1 is 1.57 bits per heavy atom. The molecule has 1 aliphatic rings. The van der Waals surface area contributed by atoms with Gasteiger partial charge in [0.2, 0.25) is 0 Å². The molecule has 0 aromatic rings. The number of hydrogen-bond acceptors (Lipinski definition) is 2. The van der Waals surface area contributed by atoms with Crippen molar-refractivity contribution in [1.29, 1.82) is 0 Å². The zero-order chi connectivity index (χ0) is 10.4. The molecule has 0 aliphatic heterocycles. The van der Waals surface area contributed by atoms with E-state index in [1.54, 1.807) is 6.26 Å². The van der Waals surface area contributed by atoms with E-state index in [0.29, 0.717) is 24.3 Å². The number of nitrogens with two attached hydrogens (primary N) is 1. The first-order valence-corrected chi connectivity index (χ1v) is 6.77. The molecule has 1 unspecified atom stereocenters. The maximum atomic E-state index is 10.8. The van der Waals surface area contributed by atoms with Gasteiger partial charge in [-0.1, -0.05) is 12.8 Å². The Bertz CT molecular complexity index is 224. The average molecular weight is 217 g/mol. The highest BCUT2D eigenvalue weighted by atomic mass is 32.2. The van der Waals surface area contributed by atoms with Crippen LogP contribution in [0.15, 0.2) is 4.99 Å². The van der Waals surface area contributed by atoms with E-state index in [1.807, 2.05) is 0 Å². The number of nitrogens with one attached hydrogen (secondary N) is 1. The molecule has 0 aromatic heterocycles. The molecule has 5 heteroatoms. The Morgan fingerprint density at radius 3 is 2.79 bits per heavy atom. The van der Waals surface area contributed by atoms with Gasteiger partial charge in [-0.05, 0) is 12.8 Å². The minimum Gasteiger partial charge on any atom is -0.370 e. The normalized spacial score (nSPS) is 21.1. The topological polar surface area (TPSA) is 67.5 Å². The summed E-state index contributed by atoms with van der Waals surface area (Å²) in [6.07, 6.45) is 6.62. The van der Waals surface area contributed by atoms with Crippen LogP contribution in [0.4, 0.5) is 0 Å². The van der Waals surface area contributed by atoms with Crippen molar-refractivity contribution in [2.45, 2.75) is 31.7 Å². The van der Waals surface area contributed by atoms with Gasteiger partial charge in [0, 0.05) is 28.9 Å². The summed E-state index contributed by atoms with van der Waals surface area (Å²) >= 11 is 0. The van der Waals surface area contributed by atoms with Crippen molar-refractivity contribution < 1.29 is 4.21 Å². The Hall–Kier alpha value is -0.580. The zero-order valence-electron chi connectivity index (χ0n) is 8.66. The van der Waals surface area contributed by atoms with Crippen molar-refractivity contribution in [2.24, 2.45) is 10.7 Å². The van der Waals surface area contributed by atoms with Gasteiger partial charge in [0.15, 0.2) is 5.96 Å². The summed E-state index contributed by atoms with van der Waals surface area (Å²) in [4.78, 5) is 4.12. The Morgan fingerprint density at radius 2 is 2.21 bits per heavy atom. The third kappa shape index (κ3) is 4.60. The summed E-state index contributed by atoms with van der Waals surface area (Å²) in [7, 11) is -0.776. The second-order valence-electron chi connectivity index (χ2n) is 3.67. The third-order valence-corrected chi connectivity index (χ3v) is 3.13. The van der Waals surface area contributed by atoms with Crippen molar-refractivity contribution in [3.63, 3.8) is 0 Å². The van der Waals surface area contributed by atoms with Gasteiger partial charge in [0.1, 0.15) is 0 Å². The molecule has 1 saturated carbocycles. The smallest absolute Gasteiger partial charge is 0.188 e. The van der Waals surface area contributed by atoms with Gasteiger partial charge in [0.05, 0.1) is 6.54 Å². The summed E-state index contributed by atoms with van der Waals surface area (Å²) in [5.74, 6) is 1.09. The molecule has 1 rings (SSSR count). The van der Waals surface area contributed by atoms with Gasteiger partial charge in [-0.2, -0.15) is 0 Å². The van der Waals surface area contributed by atoms with E-state index < -0.39 is 10.8 Å². The fraction of sp³-hybridized carbons (Fsp3) is 0.889. The Balaban J connectivity index is 2.18. The van der Waals surface area contributed by atoms with E-state index in [0.717, 1.165) is 0 Å². The minimum absolute atomic E-state index is 0.502. The summed E-state index contributed by atoms with van der Waals surface area (Å²) < 4.78 is 10.8. The number of hydrogen-bond donors (Lipinski definition) is 2. The minimum atomic E-state index is -0.776. The van der Waals surface area contributed by atoms with Crippen LogP contribution in [0.3, 0.4) is 0 Å². The maximum Gasteiger partial charge on any atom is 0.188 e. The van der Waals surface area contributed by atoms with E-state index in [1.165, 1.54) is 25.7 Å². The number of aliphatic imine (C=N–C) groups is 1. The Kier molecular flexibility index (Phi) is 4.93. The summed E-state index contributed by atoms with van der Waals surface area (Å²) in [5, 5.41) is 3.18. The summed E-state index contributed by atoms with van der Waals surface area (Å²) in [6.45, 7) is 0.550. The van der Waals surface area contributed by atoms with E-state index in [2.05, 4.69) is 10.3 Å². The summed E-state index contributed by atoms with van der Waals surface area (Å²) in [6, 6.07) is 0.505. The molecule has 1 fully saturated rings. The fourth-order valence-corrected chi connectivity index (χ4v) is 1.97. The largest absolute Gasteiger partial charge is 0.370 e. The van der Waals surface area contributed by atoms with E-state index in [-0.39, 0.29) is 0 Å².